The normalized spacial score (nSPS) is 12.1. The molecule has 0 unspecified atom stereocenters. The van der Waals surface area contributed by atoms with Gasteiger partial charge in [-0.25, -0.2) is 8.42 Å². The predicted octanol–water partition coefficient (Wildman–Crippen LogP) is 3.02. The van der Waals surface area contributed by atoms with Crippen LogP contribution in [-0.4, -0.2) is 57.6 Å². The Morgan fingerprint density at radius 2 is 1.71 bits per heavy atom. The van der Waals surface area contributed by atoms with Gasteiger partial charge in [0.15, 0.2) is 0 Å². The topological polar surface area (TPSA) is 96.0 Å². The van der Waals surface area contributed by atoms with E-state index in [4.69, 9.17) is 4.74 Å². The number of carbonyl (C=O) groups is 2. The first kappa shape index (κ1) is 27.2. The maximum Gasteiger partial charge on any atom is 0.244 e. The summed E-state index contributed by atoms with van der Waals surface area (Å²) < 4.78 is 31.8. The third kappa shape index (κ3) is 6.96. The molecule has 0 spiro atoms. The van der Waals surface area contributed by atoms with Crippen LogP contribution in [0.1, 0.15) is 37.0 Å². The number of nitrogens with zero attached hydrogens (tertiary/aromatic N) is 2. The first-order valence-electron chi connectivity index (χ1n) is 11.3. The fourth-order valence-corrected chi connectivity index (χ4v) is 4.62. The Morgan fingerprint density at radius 1 is 1.06 bits per heavy atom. The summed E-state index contributed by atoms with van der Waals surface area (Å²) in [6, 6.07) is 11.9. The molecule has 0 aliphatic carbocycles. The quantitative estimate of drug-likeness (QED) is 0.523. The predicted molar refractivity (Wildman–Crippen MR) is 134 cm³/mol. The molecule has 0 radical (unpaired) electrons. The molecule has 186 valence electrons. The van der Waals surface area contributed by atoms with Gasteiger partial charge in [0.25, 0.3) is 0 Å². The molecule has 34 heavy (non-hydrogen) atoms. The van der Waals surface area contributed by atoms with E-state index in [1.165, 1.54) is 4.90 Å². The number of likely N-dealkylation sites (N-methyl/N-ethyl adjacent to an activating group) is 1. The molecule has 0 heterocycles. The second kappa shape index (κ2) is 11.9. The minimum absolute atomic E-state index is 0.156. The number of aryl methyl sites for hydroxylation is 2. The number of sulfonamides is 1. The molecule has 2 amide bonds. The van der Waals surface area contributed by atoms with Gasteiger partial charge in [-0.1, -0.05) is 31.2 Å². The van der Waals surface area contributed by atoms with E-state index in [1.807, 2.05) is 45.0 Å². The van der Waals surface area contributed by atoms with E-state index in [0.29, 0.717) is 24.4 Å². The molecule has 9 heteroatoms. The Morgan fingerprint density at radius 3 is 2.24 bits per heavy atom. The Bertz CT molecular complexity index is 1100. The molecule has 0 bridgehead atoms. The van der Waals surface area contributed by atoms with Crippen molar-refractivity contribution in [1.29, 1.82) is 0 Å². The fraction of sp³-hybridized carbons (Fsp3) is 0.440. The van der Waals surface area contributed by atoms with Gasteiger partial charge >= 0.3 is 0 Å². The number of nitrogens with one attached hydrogen (secondary N) is 1. The Labute approximate surface area is 202 Å². The summed E-state index contributed by atoms with van der Waals surface area (Å²) >= 11 is 0. The number of benzene rings is 2. The number of ether oxygens (including phenoxy) is 1. The highest BCUT2D eigenvalue weighted by molar-refractivity contribution is 7.92. The standard InChI is InChI=1S/C25H35N3O5S/c1-7-22(25(30)26-8-2)27(16-20-11-13-21(33-5)14-12-20)24(29)17-28(34(6,31)32)23-15-18(3)9-10-19(23)4/h9-15,22H,7-8,16-17H2,1-6H3,(H,26,30)/t22-/m1/s1. The second-order valence-corrected chi connectivity index (χ2v) is 10.2. The highest BCUT2D eigenvalue weighted by Gasteiger charge is 2.32. The van der Waals surface area contributed by atoms with E-state index in [9.17, 15) is 18.0 Å². The summed E-state index contributed by atoms with van der Waals surface area (Å²) in [5.41, 5.74) is 2.87. The van der Waals surface area contributed by atoms with Gasteiger partial charge in [0.1, 0.15) is 18.3 Å². The van der Waals surface area contributed by atoms with Gasteiger partial charge in [-0.3, -0.25) is 13.9 Å². The number of anilines is 1. The first-order valence-corrected chi connectivity index (χ1v) is 13.1. The second-order valence-electron chi connectivity index (χ2n) is 8.25. The maximum atomic E-state index is 13.6. The molecule has 2 aromatic rings. The molecule has 0 aliphatic heterocycles. The van der Waals surface area contributed by atoms with Gasteiger partial charge in [0.05, 0.1) is 19.1 Å². The third-order valence-electron chi connectivity index (χ3n) is 5.56. The Hall–Kier alpha value is -3.07. The monoisotopic (exact) mass is 489 g/mol. The molecule has 8 nitrogen and oxygen atoms in total. The molecule has 1 atom stereocenters. The highest BCUT2D eigenvalue weighted by atomic mass is 32.2. The molecule has 0 fully saturated rings. The maximum absolute atomic E-state index is 13.6. The SMILES string of the molecule is CCNC(=O)[C@@H](CC)N(Cc1ccc(OC)cc1)C(=O)CN(c1cc(C)ccc1C)S(C)(=O)=O. The molecule has 0 saturated heterocycles. The van der Waals surface area contributed by atoms with Gasteiger partial charge < -0.3 is 15.0 Å². The summed E-state index contributed by atoms with van der Waals surface area (Å²) in [6.45, 7) is 7.48. The van der Waals surface area contributed by atoms with Crippen molar-refractivity contribution in [3.8, 4) is 5.75 Å². The van der Waals surface area contributed by atoms with Crippen LogP contribution >= 0.6 is 0 Å². The van der Waals surface area contributed by atoms with Crippen LogP contribution in [0.4, 0.5) is 5.69 Å². The smallest absolute Gasteiger partial charge is 0.244 e. The first-order chi connectivity index (χ1) is 16.0. The number of amides is 2. The number of hydrogen-bond acceptors (Lipinski definition) is 5. The van der Waals surface area contributed by atoms with E-state index in [0.717, 1.165) is 27.3 Å². The van der Waals surface area contributed by atoms with Gasteiger partial charge in [0, 0.05) is 13.1 Å². The van der Waals surface area contributed by atoms with Crippen LogP contribution in [0, 0.1) is 13.8 Å². The highest BCUT2D eigenvalue weighted by Crippen LogP contribution is 2.25. The van der Waals surface area contributed by atoms with Crippen LogP contribution in [0.3, 0.4) is 0 Å². The van der Waals surface area contributed by atoms with Crippen molar-refractivity contribution in [2.45, 2.75) is 46.7 Å². The largest absolute Gasteiger partial charge is 0.497 e. The lowest BCUT2D eigenvalue weighted by Crippen LogP contribution is -2.52. The van der Waals surface area contributed by atoms with Crippen LogP contribution in [0.25, 0.3) is 0 Å². The molecule has 0 aliphatic rings. The fourth-order valence-electron chi connectivity index (χ4n) is 3.72. The molecule has 2 rings (SSSR count). The van der Waals surface area contributed by atoms with Crippen molar-refractivity contribution in [2.75, 3.05) is 30.8 Å². The van der Waals surface area contributed by atoms with Crippen molar-refractivity contribution in [3.63, 3.8) is 0 Å². The lowest BCUT2D eigenvalue weighted by molar-refractivity contribution is -0.140. The van der Waals surface area contributed by atoms with Gasteiger partial charge in [-0.2, -0.15) is 0 Å². The van der Waals surface area contributed by atoms with Crippen molar-refractivity contribution in [3.05, 3.63) is 59.2 Å². The molecule has 2 aromatic carbocycles. The summed E-state index contributed by atoms with van der Waals surface area (Å²) in [5, 5.41) is 2.78. The average molecular weight is 490 g/mol. The van der Waals surface area contributed by atoms with Crippen LogP contribution in [0.15, 0.2) is 42.5 Å². The van der Waals surface area contributed by atoms with E-state index >= 15 is 0 Å². The van der Waals surface area contributed by atoms with Crippen molar-refractivity contribution >= 4 is 27.5 Å². The van der Waals surface area contributed by atoms with E-state index in [-0.39, 0.29) is 12.5 Å². The van der Waals surface area contributed by atoms with Crippen molar-refractivity contribution < 1.29 is 22.7 Å². The minimum Gasteiger partial charge on any atom is -0.497 e. The van der Waals surface area contributed by atoms with Gasteiger partial charge in [0.2, 0.25) is 21.8 Å². The Balaban J connectivity index is 2.46. The zero-order chi connectivity index (χ0) is 25.5. The van der Waals surface area contributed by atoms with Crippen LogP contribution < -0.4 is 14.4 Å². The summed E-state index contributed by atoms with van der Waals surface area (Å²) in [4.78, 5) is 27.9. The van der Waals surface area contributed by atoms with Gasteiger partial charge in [-0.15, -0.1) is 0 Å². The molecule has 0 aromatic heterocycles. The zero-order valence-electron chi connectivity index (χ0n) is 20.8. The summed E-state index contributed by atoms with van der Waals surface area (Å²) in [5.74, 6) is -0.0553. The van der Waals surface area contributed by atoms with Gasteiger partial charge in [-0.05, 0) is 62.1 Å². The van der Waals surface area contributed by atoms with Crippen LogP contribution in [-0.2, 0) is 26.2 Å². The van der Waals surface area contributed by atoms with E-state index in [1.54, 1.807) is 32.2 Å². The third-order valence-corrected chi connectivity index (χ3v) is 6.69. The summed E-state index contributed by atoms with van der Waals surface area (Å²) in [7, 11) is -2.19. The molecule has 1 N–H and O–H groups in total. The lowest BCUT2D eigenvalue weighted by Gasteiger charge is -2.33. The zero-order valence-corrected chi connectivity index (χ0v) is 21.6. The van der Waals surface area contributed by atoms with E-state index in [2.05, 4.69) is 5.32 Å². The number of rotatable bonds is 11. The Kier molecular flexibility index (Phi) is 9.49. The number of hydrogen-bond donors (Lipinski definition) is 1. The average Bonchev–Trinajstić information content (AvgIpc) is 2.78. The lowest BCUT2D eigenvalue weighted by atomic mass is 10.1. The summed E-state index contributed by atoms with van der Waals surface area (Å²) in [6.07, 6.45) is 1.47. The van der Waals surface area contributed by atoms with Crippen molar-refractivity contribution in [2.24, 2.45) is 0 Å². The number of methoxy groups -OCH3 is 1. The number of carbonyl (C=O) groups excluding carboxylic acids is 2. The van der Waals surface area contributed by atoms with E-state index < -0.39 is 28.5 Å². The van der Waals surface area contributed by atoms with Crippen molar-refractivity contribution in [1.82, 2.24) is 10.2 Å². The molecular formula is C25H35N3O5S. The molecule has 0 saturated carbocycles. The van der Waals surface area contributed by atoms with Crippen LogP contribution in [0.5, 0.6) is 5.75 Å². The minimum atomic E-state index is -3.76. The molecular weight excluding hydrogens is 454 g/mol. The van der Waals surface area contributed by atoms with Crippen LogP contribution in [0.2, 0.25) is 0 Å².